The molecule has 158 valence electrons. The van der Waals surface area contributed by atoms with Crippen LogP contribution in [0.2, 0.25) is 0 Å². The van der Waals surface area contributed by atoms with Gasteiger partial charge in [0.1, 0.15) is 0 Å². The van der Waals surface area contributed by atoms with Crippen molar-refractivity contribution in [2.24, 2.45) is 0 Å². The molecule has 2 aromatic heterocycles. The van der Waals surface area contributed by atoms with Crippen molar-refractivity contribution >= 4 is 10.9 Å². The van der Waals surface area contributed by atoms with Crippen LogP contribution in [-0.2, 0) is 13.0 Å². The first-order valence-corrected chi connectivity index (χ1v) is 11.1. The highest BCUT2D eigenvalue weighted by Crippen LogP contribution is 2.31. The van der Waals surface area contributed by atoms with E-state index >= 15 is 0 Å². The number of aromatic nitrogens is 2. The van der Waals surface area contributed by atoms with Gasteiger partial charge in [0.25, 0.3) is 5.56 Å². The van der Waals surface area contributed by atoms with Crippen LogP contribution in [-0.4, -0.2) is 9.55 Å². The quantitative estimate of drug-likeness (QED) is 0.339. The van der Waals surface area contributed by atoms with E-state index in [0.717, 1.165) is 23.9 Å². The van der Waals surface area contributed by atoms with Crippen molar-refractivity contribution in [1.29, 1.82) is 0 Å². The molecule has 0 radical (unpaired) electrons. The predicted molar refractivity (Wildman–Crippen MR) is 131 cm³/mol. The summed E-state index contributed by atoms with van der Waals surface area (Å²) in [5.74, 6) is 0.0952. The maximum absolute atomic E-state index is 12.6. The molecule has 5 aromatic rings. The summed E-state index contributed by atoms with van der Waals surface area (Å²) < 4.78 is 1.86. The second-order valence-electron chi connectivity index (χ2n) is 8.21. The van der Waals surface area contributed by atoms with E-state index < -0.39 is 0 Å². The standard InChI is InChI=1S/C29H26N2O/c32-28-18-17-25(29(22-10-3-1-4-11-22)23-12-5-2-6-13-23)21-31(28)19-9-14-24-20-30-27-16-8-7-15-26(24)27/h1-8,10-13,15-18,20-21,29-30H,9,14,19H2. The van der Waals surface area contributed by atoms with Gasteiger partial charge >= 0.3 is 0 Å². The van der Waals surface area contributed by atoms with E-state index in [4.69, 9.17) is 0 Å². The molecule has 1 N–H and O–H groups in total. The zero-order chi connectivity index (χ0) is 21.8. The summed E-state index contributed by atoms with van der Waals surface area (Å²) in [5.41, 5.74) is 6.10. The molecule has 32 heavy (non-hydrogen) atoms. The Labute approximate surface area is 188 Å². The van der Waals surface area contributed by atoms with Gasteiger partial charge in [-0.15, -0.1) is 0 Å². The van der Waals surface area contributed by atoms with Gasteiger partial charge in [0, 0.05) is 41.8 Å². The van der Waals surface area contributed by atoms with Crippen LogP contribution in [0.5, 0.6) is 0 Å². The highest BCUT2D eigenvalue weighted by Gasteiger charge is 2.17. The first kappa shape index (κ1) is 20.1. The number of nitrogens with zero attached hydrogens (tertiary/aromatic N) is 1. The summed E-state index contributed by atoms with van der Waals surface area (Å²) in [7, 11) is 0. The van der Waals surface area contributed by atoms with E-state index in [9.17, 15) is 4.79 Å². The van der Waals surface area contributed by atoms with Gasteiger partial charge in [0.05, 0.1) is 0 Å². The van der Waals surface area contributed by atoms with E-state index in [1.807, 2.05) is 35.0 Å². The largest absolute Gasteiger partial charge is 0.361 e. The third-order valence-electron chi connectivity index (χ3n) is 6.13. The van der Waals surface area contributed by atoms with E-state index in [2.05, 4.69) is 77.9 Å². The molecule has 0 bridgehead atoms. The number of H-pyrrole nitrogens is 1. The van der Waals surface area contributed by atoms with Crippen LogP contribution in [0, 0.1) is 0 Å². The lowest BCUT2D eigenvalue weighted by Gasteiger charge is -2.20. The van der Waals surface area contributed by atoms with Gasteiger partial charge in [0.2, 0.25) is 0 Å². The first-order valence-electron chi connectivity index (χ1n) is 11.1. The Balaban J connectivity index is 1.41. The van der Waals surface area contributed by atoms with Gasteiger partial charge in [-0.1, -0.05) is 84.9 Å². The number of hydrogen-bond donors (Lipinski definition) is 1. The van der Waals surface area contributed by atoms with Crippen molar-refractivity contribution < 1.29 is 0 Å². The Morgan fingerprint density at radius 2 is 1.38 bits per heavy atom. The summed E-state index contributed by atoms with van der Waals surface area (Å²) in [6.07, 6.45) is 5.97. The molecule has 3 heteroatoms. The van der Waals surface area contributed by atoms with Crippen LogP contribution < -0.4 is 5.56 Å². The fourth-order valence-corrected chi connectivity index (χ4v) is 4.54. The average molecular weight is 419 g/mol. The minimum absolute atomic E-state index is 0.0487. The van der Waals surface area contributed by atoms with Crippen LogP contribution in [0.25, 0.3) is 10.9 Å². The summed E-state index contributed by atoms with van der Waals surface area (Å²) in [4.78, 5) is 16.0. The lowest BCUT2D eigenvalue weighted by Crippen LogP contribution is -2.20. The number of para-hydroxylation sites is 1. The van der Waals surface area contributed by atoms with Crippen molar-refractivity contribution in [3.8, 4) is 0 Å². The van der Waals surface area contributed by atoms with Gasteiger partial charge in [-0.3, -0.25) is 4.79 Å². The molecule has 0 fully saturated rings. The van der Waals surface area contributed by atoms with Crippen molar-refractivity contribution in [2.75, 3.05) is 0 Å². The monoisotopic (exact) mass is 418 g/mol. The number of fused-ring (bicyclic) bond motifs is 1. The average Bonchev–Trinajstić information content (AvgIpc) is 3.26. The SMILES string of the molecule is O=c1ccc(C(c2ccccc2)c2ccccc2)cn1CCCc1c[nH]c2ccccc12. The van der Waals surface area contributed by atoms with E-state index in [1.165, 1.54) is 22.1 Å². The number of rotatable bonds is 7. The zero-order valence-corrected chi connectivity index (χ0v) is 17.9. The lowest BCUT2D eigenvalue weighted by atomic mass is 9.86. The summed E-state index contributed by atoms with van der Waals surface area (Å²) in [6.45, 7) is 0.697. The highest BCUT2D eigenvalue weighted by molar-refractivity contribution is 5.82. The van der Waals surface area contributed by atoms with Gasteiger partial charge in [-0.25, -0.2) is 0 Å². The van der Waals surface area contributed by atoms with Crippen molar-refractivity contribution in [3.05, 3.63) is 142 Å². The van der Waals surface area contributed by atoms with Crippen LogP contribution in [0.1, 0.15) is 34.6 Å². The lowest BCUT2D eigenvalue weighted by molar-refractivity contribution is 0.618. The number of aryl methyl sites for hydroxylation is 2. The summed E-state index contributed by atoms with van der Waals surface area (Å²) in [5, 5.41) is 1.27. The molecule has 3 nitrogen and oxygen atoms in total. The van der Waals surface area contributed by atoms with Crippen LogP contribution in [0.3, 0.4) is 0 Å². The first-order chi connectivity index (χ1) is 15.8. The third kappa shape index (κ3) is 4.15. The maximum atomic E-state index is 12.6. The number of pyridine rings is 1. The van der Waals surface area contributed by atoms with Crippen LogP contribution in [0.15, 0.2) is 114 Å². The Kier molecular flexibility index (Phi) is 5.71. The second kappa shape index (κ2) is 9.11. The molecule has 0 aliphatic heterocycles. The third-order valence-corrected chi connectivity index (χ3v) is 6.13. The molecule has 0 saturated carbocycles. The molecule has 3 aromatic carbocycles. The summed E-state index contributed by atoms with van der Waals surface area (Å²) >= 11 is 0. The Morgan fingerprint density at radius 1 is 0.719 bits per heavy atom. The fourth-order valence-electron chi connectivity index (χ4n) is 4.54. The predicted octanol–water partition coefficient (Wildman–Crippen LogP) is 6.14. The molecule has 0 aliphatic rings. The zero-order valence-electron chi connectivity index (χ0n) is 17.9. The second-order valence-corrected chi connectivity index (χ2v) is 8.21. The molecule has 5 rings (SSSR count). The highest BCUT2D eigenvalue weighted by atomic mass is 16.1. The molecule has 0 amide bonds. The normalized spacial score (nSPS) is 11.3. The molecular formula is C29H26N2O. The van der Waals surface area contributed by atoms with Gasteiger partial charge in [0.15, 0.2) is 0 Å². The smallest absolute Gasteiger partial charge is 0.250 e. The molecule has 0 atom stereocenters. The van der Waals surface area contributed by atoms with Crippen molar-refractivity contribution in [3.63, 3.8) is 0 Å². The Bertz CT molecular complexity index is 1330. The van der Waals surface area contributed by atoms with Crippen LogP contribution in [0.4, 0.5) is 0 Å². The molecule has 0 aliphatic carbocycles. The van der Waals surface area contributed by atoms with Crippen LogP contribution >= 0.6 is 0 Å². The van der Waals surface area contributed by atoms with E-state index in [1.54, 1.807) is 6.07 Å². The molecule has 0 spiro atoms. The molecule has 0 unspecified atom stereocenters. The van der Waals surface area contributed by atoms with Gasteiger partial charge < -0.3 is 9.55 Å². The minimum atomic E-state index is 0.0487. The Morgan fingerprint density at radius 3 is 2.09 bits per heavy atom. The van der Waals surface area contributed by atoms with Crippen molar-refractivity contribution in [1.82, 2.24) is 9.55 Å². The number of benzene rings is 3. The van der Waals surface area contributed by atoms with Gasteiger partial charge in [-0.2, -0.15) is 0 Å². The van der Waals surface area contributed by atoms with Gasteiger partial charge in [-0.05, 0) is 41.2 Å². The van der Waals surface area contributed by atoms with Crippen molar-refractivity contribution in [2.45, 2.75) is 25.3 Å². The fraction of sp³-hybridized carbons (Fsp3) is 0.138. The Hall–Kier alpha value is -3.85. The van der Waals surface area contributed by atoms with E-state index in [-0.39, 0.29) is 11.5 Å². The molecule has 0 saturated heterocycles. The molecule has 2 heterocycles. The van der Waals surface area contributed by atoms with E-state index in [0.29, 0.717) is 6.54 Å². The molecular weight excluding hydrogens is 392 g/mol. The number of nitrogens with one attached hydrogen (secondary N) is 1. The number of hydrogen-bond acceptors (Lipinski definition) is 1. The summed E-state index contributed by atoms with van der Waals surface area (Å²) in [6, 6.07) is 33.0. The number of aromatic amines is 1. The minimum Gasteiger partial charge on any atom is -0.361 e. The maximum Gasteiger partial charge on any atom is 0.250 e. The topological polar surface area (TPSA) is 37.8 Å².